The first-order valence-corrected chi connectivity index (χ1v) is 8.92. The second kappa shape index (κ2) is 9.30. The summed E-state index contributed by atoms with van der Waals surface area (Å²) in [7, 11) is 0. The van der Waals surface area contributed by atoms with Crippen LogP contribution < -0.4 is 10.6 Å². The molecule has 3 heterocycles. The van der Waals surface area contributed by atoms with E-state index in [2.05, 4.69) is 49.2 Å². The number of fused-ring (bicyclic) bond motifs is 1. The molecule has 2 N–H and O–H groups in total. The van der Waals surface area contributed by atoms with Gasteiger partial charge in [0.25, 0.3) is 0 Å². The Morgan fingerprint density at radius 1 is 1.33 bits per heavy atom. The van der Waals surface area contributed by atoms with E-state index in [1.54, 1.807) is 11.3 Å². The summed E-state index contributed by atoms with van der Waals surface area (Å²) >= 11 is 1.70. The molecule has 0 atom stereocenters. The van der Waals surface area contributed by atoms with Crippen LogP contribution in [-0.4, -0.2) is 32.3 Å². The van der Waals surface area contributed by atoms with Crippen molar-refractivity contribution in [3.05, 3.63) is 27.7 Å². The number of nitrogens with zero attached hydrogens (tertiary/aromatic N) is 5. The van der Waals surface area contributed by atoms with Gasteiger partial charge in [0.15, 0.2) is 11.8 Å². The van der Waals surface area contributed by atoms with Gasteiger partial charge >= 0.3 is 0 Å². The average molecular weight is 461 g/mol. The summed E-state index contributed by atoms with van der Waals surface area (Å²) in [5.74, 6) is 2.83. The average Bonchev–Trinajstić information content (AvgIpc) is 3.16. The molecule has 1 aliphatic rings. The number of aryl methyl sites for hydroxylation is 2. The summed E-state index contributed by atoms with van der Waals surface area (Å²) in [6.07, 6.45) is 5.33. The van der Waals surface area contributed by atoms with Crippen LogP contribution in [0.15, 0.2) is 11.2 Å². The summed E-state index contributed by atoms with van der Waals surface area (Å²) < 4.78 is 2.21. The fraction of sp³-hybridized carbons (Fsp3) is 0.600. The van der Waals surface area contributed by atoms with Crippen molar-refractivity contribution in [2.75, 3.05) is 6.54 Å². The van der Waals surface area contributed by atoms with Crippen molar-refractivity contribution >= 4 is 41.3 Å². The summed E-state index contributed by atoms with van der Waals surface area (Å²) in [5, 5.41) is 16.2. The third-order valence-electron chi connectivity index (χ3n) is 3.74. The number of hydrogen-bond donors (Lipinski definition) is 2. The lowest BCUT2D eigenvalue weighted by molar-refractivity contribution is 0.508. The van der Waals surface area contributed by atoms with Gasteiger partial charge in [0.1, 0.15) is 17.4 Å². The van der Waals surface area contributed by atoms with Crippen LogP contribution in [-0.2, 0) is 26.1 Å². The number of nitrogens with one attached hydrogen (secondary N) is 2. The molecular weight excluding hydrogens is 437 g/mol. The predicted octanol–water partition coefficient (Wildman–Crippen LogP) is 2.25. The van der Waals surface area contributed by atoms with Crippen molar-refractivity contribution in [3.8, 4) is 0 Å². The molecule has 0 aromatic carbocycles. The van der Waals surface area contributed by atoms with Crippen LogP contribution in [0, 0.1) is 6.92 Å². The highest BCUT2D eigenvalue weighted by Crippen LogP contribution is 2.14. The first-order valence-electron chi connectivity index (χ1n) is 8.10. The number of hydrogen-bond acceptors (Lipinski definition) is 5. The van der Waals surface area contributed by atoms with E-state index >= 15 is 0 Å². The smallest absolute Gasteiger partial charge is 0.192 e. The van der Waals surface area contributed by atoms with Crippen LogP contribution in [0.5, 0.6) is 0 Å². The van der Waals surface area contributed by atoms with Gasteiger partial charge in [0.2, 0.25) is 0 Å². The van der Waals surface area contributed by atoms with E-state index in [0.717, 1.165) is 42.1 Å². The summed E-state index contributed by atoms with van der Waals surface area (Å²) in [6, 6.07) is 0. The molecule has 0 unspecified atom stereocenters. The minimum absolute atomic E-state index is 0. The van der Waals surface area contributed by atoms with Crippen molar-refractivity contribution in [2.24, 2.45) is 4.99 Å². The zero-order chi connectivity index (χ0) is 16.1. The van der Waals surface area contributed by atoms with Crippen molar-refractivity contribution in [2.45, 2.75) is 52.7 Å². The quantitative estimate of drug-likeness (QED) is 0.406. The second-order valence-electron chi connectivity index (χ2n) is 5.55. The lowest BCUT2D eigenvalue weighted by atomic mass is 10.2. The van der Waals surface area contributed by atoms with Gasteiger partial charge in [-0.3, -0.25) is 0 Å². The van der Waals surface area contributed by atoms with Gasteiger partial charge < -0.3 is 15.2 Å². The maximum absolute atomic E-state index is 4.63. The van der Waals surface area contributed by atoms with Gasteiger partial charge in [-0.15, -0.1) is 45.5 Å². The summed E-state index contributed by atoms with van der Waals surface area (Å²) in [5.41, 5.74) is 0. The largest absolute Gasteiger partial charge is 0.357 e. The van der Waals surface area contributed by atoms with E-state index in [1.165, 1.54) is 17.7 Å². The van der Waals surface area contributed by atoms with Gasteiger partial charge in [-0.05, 0) is 26.7 Å². The van der Waals surface area contributed by atoms with E-state index in [-0.39, 0.29) is 24.0 Å². The SMILES string of the molecule is CCNC(=NCc1nnc2n1CCCC2)NCc1ncc(C)s1.I. The van der Waals surface area contributed by atoms with Crippen molar-refractivity contribution in [1.82, 2.24) is 30.4 Å². The molecule has 0 amide bonds. The number of thiazole rings is 1. The van der Waals surface area contributed by atoms with E-state index in [4.69, 9.17) is 0 Å². The standard InChI is InChI=1S/C15H23N7S.HI/c1-3-16-15(19-10-14-17-8-11(2)23-14)18-9-13-21-20-12-6-4-5-7-22(12)13;/h8H,3-7,9-10H2,1-2H3,(H2,16,18,19);1H. The Morgan fingerprint density at radius 2 is 2.21 bits per heavy atom. The predicted molar refractivity (Wildman–Crippen MR) is 107 cm³/mol. The molecule has 0 fully saturated rings. The zero-order valence-corrected chi connectivity index (χ0v) is 17.2. The molecule has 2 aromatic heterocycles. The first-order chi connectivity index (χ1) is 11.3. The van der Waals surface area contributed by atoms with E-state index < -0.39 is 0 Å². The molecule has 132 valence electrons. The van der Waals surface area contributed by atoms with Crippen LogP contribution in [0.2, 0.25) is 0 Å². The van der Waals surface area contributed by atoms with Crippen LogP contribution >= 0.6 is 35.3 Å². The lowest BCUT2D eigenvalue weighted by Crippen LogP contribution is -2.36. The molecule has 9 heteroatoms. The fourth-order valence-corrected chi connectivity index (χ4v) is 3.35. The van der Waals surface area contributed by atoms with Crippen molar-refractivity contribution in [3.63, 3.8) is 0 Å². The Bertz CT molecular complexity index is 679. The molecule has 2 aromatic rings. The number of rotatable bonds is 5. The minimum atomic E-state index is 0. The third-order valence-corrected chi connectivity index (χ3v) is 4.65. The maximum atomic E-state index is 4.63. The fourth-order valence-electron chi connectivity index (χ4n) is 2.62. The molecule has 0 aliphatic carbocycles. The van der Waals surface area contributed by atoms with Gasteiger partial charge in [0, 0.05) is 30.6 Å². The van der Waals surface area contributed by atoms with Crippen molar-refractivity contribution in [1.29, 1.82) is 0 Å². The number of aliphatic imine (C=N–C) groups is 1. The third kappa shape index (κ3) is 4.88. The molecule has 3 rings (SSSR count). The minimum Gasteiger partial charge on any atom is -0.357 e. The monoisotopic (exact) mass is 461 g/mol. The topological polar surface area (TPSA) is 80.0 Å². The van der Waals surface area contributed by atoms with Crippen molar-refractivity contribution < 1.29 is 0 Å². The molecule has 0 radical (unpaired) electrons. The van der Waals surface area contributed by atoms with Gasteiger partial charge in [-0.25, -0.2) is 9.98 Å². The molecule has 0 saturated carbocycles. The molecular formula is C15H24IN7S. The molecule has 0 bridgehead atoms. The molecule has 7 nitrogen and oxygen atoms in total. The zero-order valence-electron chi connectivity index (χ0n) is 14.1. The van der Waals surface area contributed by atoms with Crippen LogP contribution in [0.1, 0.15) is 41.3 Å². The van der Waals surface area contributed by atoms with Gasteiger partial charge in [-0.2, -0.15) is 0 Å². The molecule has 24 heavy (non-hydrogen) atoms. The van der Waals surface area contributed by atoms with Crippen LogP contribution in [0.25, 0.3) is 0 Å². The van der Waals surface area contributed by atoms with Crippen LogP contribution in [0.3, 0.4) is 0 Å². The maximum Gasteiger partial charge on any atom is 0.192 e. The Hall–Kier alpha value is -1.23. The van der Waals surface area contributed by atoms with Gasteiger partial charge in [0.05, 0.1) is 6.54 Å². The Kier molecular flexibility index (Phi) is 7.40. The van der Waals surface area contributed by atoms with Crippen LogP contribution in [0.4, 0.5) is 0 Å². The first kappa shape index (κ1) is 19.1. The summed E-state index contributed by atoms with van der Waals surface area (Å²) in [4.78, 5) is 10.2. The highest BCUT2D eigenvalue weighted by molar-refractivity contribution is 14.0. The van der Waals surface area contributed by atoms with Gasteiger partial charge in [-0.1, -0.05) is 0 Å². The highest BCUT2D eigenvalue weighted by Gasteiger charge is 2.15. The highest BCUT2D eigenvalue weighted by atomic mass is 127. The number of guanidine groups is 1. The van der Waals surface area contributed by atoms with E-state index in [1.807, 2.05) is 6.20 Å². The molecule has 1 aliphatic heterocycles. The van der Waals surface area contributed by atoms with E-state index in [9.17, 15) is 0 Å². The summed E-state index contributed by atoms with van der Waals surface area (Å²) in [6.45, 7) is 7.18. The van der Waals surface area contributed by atoms with E-state index in [0.29, 0.717) is 13.1 Å². The normalized spacial score (nSPS) is 14.0. The second-order valence-corrected chi connectivity index (χ2v) is 6.87. The lowest BCUT2D eigenvalue weighted by Gasteiger charge is -2.14. The number of aromatic nitrogens is 4. The Labute approximate surface area is 163 Å². The number of halogens is 1. The molecule has 0 saturated heterocycles. The Balaban J connectivity index is 0.00000208. The molecule has 0 spiro atoms. The Morgan fingerprint density at radius 3 is 2.96 bits per heavy atom.